The monoisotopic (exact) mass is 430 g/mol. The number of methoxy groups -OCH3 is 2. The fourth-order valence-corrected chi connectivity index (χ4v) is 4.21. The molecule has 27 heavy (non-hydrogen) atoms. The van der Waals surface area contributed by atoms with Gasteiger partial charge >= 0.3 is 0 Å². The van der Waals surface area contributed by atoms with Crippen molar-refractivity contribution in [3.05, 3.63) is 38.9 Å². The number of carbonyl (C=O) groups is 1. The van der Waals surface area contributed by atoms with E-state index >= 15 is 0 Å². The highest BCUT2D eigenvalue weighted by Crippen LogP contribution is 2.49. The van der Waals surface area contributed by atoms with Gasteiger partial charge in [-0.2, -0.15) is 0 Å². The molecule has 0 N–H and O–H groups in total. The molecule has 4 heteroatoms. The molecule has 0 saturated carbocycles. The number of Topliss-reactive ketones (excluding diaryl/α,β-unsaturated/α-hetero) is 1. The summed E-state index contributed by atoms with van der Waals surface area (Å²) in [5.41, 5.74) is 3.43. The predicted molar refractivity (Wildman–Crippen MR) is 116 cm³/mol. The summed E-state index contributed by atoms with van der Waals surface area (Å²) in [7, 11) is 3.32. The van der Waals surface area contributed by atoms with Crippen LogP contribution in [-0.2, 0) is 10.8 Å². The number of halogens is 1. The Morgan fingerprint density at radius 2 is 1.33 bits per heavy atom. The van der Waals surface area contributed by atoms with Gasteiger partial charge < -0.3 is 9.47 Å². The molecule has 0 radical (unpaired) electrons. The van der Waals surface area contributed by atoms with E-state index in [1.807, 2.05) is 6.08 Å². The molecule has 144 valence electrons. The van der Waals surface area contributed by atoms with E-state index in [-0.39, 0.29) is 16.6 Å². The summed E-state index contributed by atoms with van der Waals surface area (Å²) in [6, 6.07) is 4.33. The van der Waals surface area contributed by atoms with E-state index in [1.165, 1.54) is 0 Å². The van der Waals surface area contributed by atoms with E-state index in [1.54, 1.807) is 14.2 Å². The lowest BCUT2D eigenvalue weighted by Crippen LogP contribution is -2.19. The molecule has 2 aromatic carbocycles. The fourth-order valence-electron chi connectivity index (χ4n) is 3.78. The van der Waals surface area contributed by atoms with Crippen molar-refractivity contribution in [3.63, 3.8) is 0 Å². The van der Waals surface area contributed by atoms with Crippen LogP contribution in [0.5, 0.6) is 11.5 Å². The molecule has 0 amide bonds. The molecule has 0 heterocycles. The van der Waals surface area contributed by atoms with Crippen molar-refractivity contribution in [2.45, 2.75) is 52.4 Å². The minimum atomic E-state index is -0.161. The van der Waals surface area contributed by atoms with Crippen molar-refractivity contribution in [2.24, 2.45) is 0 Å². The largest absolute Gasteiger partial charge is 0.496 e. The maximum atomic E-state index is 13.1. The van der Waals surface area contributed by atoms with Gasteiger partial charge in [0.1, 0.15) is 11.5 Å². The van der Waals surface area contributed by atoms with E-state index in [0.717, 1.165) is 33.2 Å². The van der Waals surface area contributed by atoms with Crippen molar-refractivity contribution < 1.29 is 14.3 Å². The lowest BCUT2D eigenvalue weighted by Gasteiger charge is -2.30. The predicted octanol–water partition coefficient (Wildman–Crippen LogP) is 6.38. The molecule has 0 saturated heterocycles. The van der Waals surface area contributed by atoms with E-state index < -0.39 is 0 Å². The lowest BCUT2D eigenvalue weighted by atomic mass is 9.77. The van der Waals surface area contributed by atoms with Gasteiger partial charge in [0.05, 0.1) is 24.3 Å². The number of ketones is 1. The summed E-state index contributed by atoms with van der Waals surface area (Å²) in [6.45, 7) is 12.9. The van der Waals surface area contributed by atoms with Gasteiger partial charge in [-0.15, -0.1) is 0 Å². The zero-order valence-electron chi connectivity index (χ0n) is 17.3. The Morgan fingerprint density at radius 1 is 0.852 bits per heavy atom. The summed E-state index contributed by atoms with van der Waals surface area (Å²) < 4.78 is 12.1. The van der Waals surface area contributed by atoms with Crippen LogP contribution in [0.15, 0.2) is 16.6 Å². The highest BCUT2D eigenvalue weighted by atomic mass is 79.9. The maximum Gasteiger partial charge on any atom is 0.204 e. The molecule has 2 aromatic rings. The molecule has 0 aliphatic heterocycles. The van der Waals surface area contributed by atoms with Crippen molar-refractivity contribution in [1.29, 1.82) is 0 Å². The van der Waals surface area contributed by atoms with Crippen molar-refractivity contribution in [1.82, 2.24) is 0 Å². The zero-order chi connectivity index (χ0) is 20.3. The Bertz CT molecular complexity index is 981. The van der Waals surface area contributed by atoms with Gasteiger partial charge in [0.25, 0.3) is 0 Å². The molecule has 0 spiro atoms. The number of hydrogen-bond acceptors (Lipinski definition) is 3. The van der Waals surface area contributed by atoms with E-state index in [0.29, 0.717) is 15.8 Å². The first-order valence-electron chi connectivity index (χ1n) is 9.10. The number of allylic oxidation sites excluding steroid dienone is 1. The van der Waals surface area contributed by atoms with Crippen molar-refractivity contribution >= 4 is 38.6 Å². The average molecular weight is 431 g/mol. The van der Waals surface area contributed by atoms with Crippen LogP contribution in [0, 0.1) is 0 Å². The minimum absolute atomic E-state index is 0.0546. The number of carbonyl (C=O) groups excluding carboxylic acids is 1. The van der Waals surface area contributed by atoms with Crippen molar-refractivity contribution in [2.75, 3.05) is 14.2 Å². The Balaban J connectivity index is 2.62. The number of hydrogen-bond donors (Lipinski definition) is 0. The van der Waals surface area contributed by atoms with Gasteiger partial charge in [-0.1, -0.05) is 41.5 Å². The van der Waals surface area contributed by atoms with Crippen LogP contribution in [0.3, 0.4) is 0 Å². The second kappa shape index (κ2) is 6.37. The summed E-state index contributed by atoms with van der Waals surface area (Å²) in [6.07, 6.45) is 1.88. The minimum Gasteiger partial charge on any atom is -0.496 e. The normalized spacial score (nSPS) is 14.4. The third kappa shape index (κ3) is 3.08. The third-order valence-electron chi connectivity index (χ3n) is 5.11. The molecule has 0 unspecified atom stereocenters. The average Bonchev–Trinajstić information content (AvgIpc) is 2.56. The van der Waals surface area contributed by atoms with Crippen LogP contribution in [0.2, 0.25) is 0 Å². The van der Waals surface area contributed by atoms with Gasteiger partial charge in [-0.3, -0.25) is 4.79 Å². The summed E-state index contributed by atoms with van der Waals surface area (Å²) in [5.74, 6) is 1.41. The van der Waals surface area contributed by atoms with E-state index in [2.05, 4.69) is 69.6 Å². The van der Waals surface area contributed by atoms with Crippen molar-refractivity contribution in [3.8, 4) is 11.5 Å². The highest BCUT2D eigenvalue weighted by Gasteiger charge is 2.33. The standard InChI is InChI=1S/C23H27BrO3/c1-22(2,3)14-9-12-10-15(23(4,5)6)21(27-8)18-17(12)13(20(14)26-7)11-16(24)19(18)25/h9-11H,1-8H3. The van der Waals surface area contributed by atoms with Gasteiger partial charge in [-0.05, 0) is 50.4 Å². The van der Waals surface area contributed by atoms with Gasteiger partial charge in [-0.25, -0.2) is 0 Å². The molecule has 0 aromatic heterocycles. The van der Waals surface area contributed by atoms with Crippen LogP contribution < -0.4 is 9.47 Å². The number of ether oxygens (including phenoxy) is 2. The number of benzene rings is 2. The Kier molecular flexibility index (Phi) is 4.70. The zero-order valence-corrected chi connectivity index (χ0v) is 18.9. The maximum absolute atomic E-state index is 13.1. The van der Waals surface area contributed by atoms with Gasteiger partial charge in [0.2, 0.25) is 5.78 Å². The van der Waals surface area contributed by atoms with Gasteiger partial charge in [0, 0.05) is 22.1 Å². The molecule has 0 fully saturated rings. The van der Waals surface area contributed by atoms with E-state index in [9.17, 15) is 4.79 Å². The highest BCUT2D eigenvalue weighted by molar-refractivity contribution is 9.12. The molecule has 3 rings (SSSR count). The summed E-state index contributed by atoms with van der Waals surface area (Å²) in [5, 5.41) is 1.94. The molecular weight excluding hydrogens is 404 g/mol. The summed E-state index contributed by atoms with van der Waals surface area (Å²) >= 11 is 3.47. The van der Waals surface area contributed by atoms with Crippen LogP contribution in [0.4, 0.5) is 0 Å². The second-order valence-electron chi connectivity index (χ2n) is 9.12. The van der Waals surface area contributed by atoms with Crippen LogP contribution in [0.1, 0.15) is 68.6 Å². The number of rotatable bonds is 2. The first-order chi connectivity index (χ1) is 12.4. The SMILES string of the molecule is COc1c(C(C)(C)C)cc2cc(C(C)(C)C)c(OC)c3c2c1C=C(Br)C3=O. The van der Waals surface area contributed by atoms with Gasteiger partial charge in [0.15, 0.2) is 0 Å². The molecular formula is C23H27BrO3. The molecule has 0 atom stereocenters. The topological polar surface area (TPSA) is 35.5 Å². The van der Waals surface area contributed by atoms with Crippen LogP contribution in [0.25, 0.3) is 16.8 Å². The van der Waals surface area contributed by atoms with Crippen LogP contribution in [-0.4, -0.2) is 20.0 Å². The third-order valence-corrected chi connectivity index (χ3v) is 5.70. The molecule has 1 aliphatic carbocycles. The van der Waals surface area contributed by atoms with E-state index in [4.69, 9.17) is 9.47 Å². The van der Waals surface area contributed by atoms with Crippen LogP contribution >= 0.6 is 15.9 Å². The molecule has 1 aliphatic rings. The first-order valence-corrected chi connectivity index (χ1v) is 9.89. The molecule has 0 bridgehead atoms. The Labute approximate surface area is 169 Å². The smallest absolute Gasteiger partial charge is 0.204 e. The first kappa shape index (κ1) is 19.9. The fraction of sp³-hybridized carbons (Fsp3) is 0.435. The lowest BCUT2D eigenvalue weighted by molar-refractivity contribution is 0.104. The Morgan fingerprint density at radius 3 is 1.78 bits per heavy atom. The second-order valence-corrected chi connectivity index (χ2v) is 9.98. The Hall–Kier alpha value is -1.81. The molecule has 3 nitrogen and oxygen atoms in total. The summed E-state index contributed by atoms with van der Waals surface area (Å²) in [4.78, 5) is 13.1. The quantitative estimate of drug-likeness (QED) is 0.553.